The Morgan fingerprint density at radius 3 is 2.48 bits per heavy atom. The molecule has 5 nitrogen and oxygen atoms in total. The van der Waals surface area contributed by atoms with Gasteiger partial charge in [-0.25, -0.2) is 0 Å². The Hall–Kier alpha value is -2.18. The molecular weight excluding hydrogens is 356 g/mol. The average Bonchev–Trinajstić information content (AvgIpc) is 2.75. The van der Waals surface area contributed by atoms with Crippen LogP contribution in [0.2, 0.25) is 0 Å². The number of anilines is 1. The Labute approximate surface area is 166 Å². The van der Waals surface area contributed by atoms with Crippen molar-refractivity contribution in [2.45, 2.75) is 11.4 Å². The number of benzene rings is 2. The maximum atomic E-state index is 5.41. The van der Waals surface area contributed by atoms with Crippen LogP contribution in [0.5, 0.6) is 0 Å². The fourth-order valence-electron chi connectivity index (χ4n) is 2.91. The summed E-state index contributed by atoms with van der Waals surface area (Å²) in [5.74, 6) is 1.83. The number of hydrogen-bond acceptors (Lipinski definition) is 4. The number of thioether (sulfide) groups is 1. The van der Waals surface area contributed by atoms with E-state index in [2.05, 4.69) is 69.1 Å². The predicted octanol–water partition coefficient (Wildman–Crippen LogP) is 2.98. The fourth-order valence-corrected chi connectivity index (χ4v) is 3.70. The van der Waals surface area contributed by atoms with Crippen molar-refractivity contribution >= 4 is 23.4 Å². The molecule has 0 bridgehead atoms. The summed E-state index contributed by atoms with van der Waals surface area (Å²) < 4.78 is 5.41. The second-order valence-electron chi connectivity index (χ2n) is 6.28. The van der Waals surface area contributed by atoms with Gasteiger partial charge in [0.2, 0.25) is 0 Å². The lowest BCUT2D eigenvalue weighted by molar-refractivity contribution is 0.122. The molecule has 0 radical (unpaired) electrons. The second-order valence-corrected chi connectivity index (χ2v) is 7.45. The van der Waals surface area contributed by atoms with Crippen molar-refractivity contribution in [1.82, 2.24) is 10.6 Å². The van der Waals surface area contributed by atoms with E-state index < -0.39 is 0 Å². The number of hydrogen-bond donors (Lipinski definition) is 2. The molecule has 0 aromatic heterocycles. The van der Waals surface area contributed by atoms with Crippen molar-refractivity contribution in [2.24, 2.45) is 4.99 Å². The first kappa shape index (κ1) is 19.6. The van der Waals surface area contributed by atoms with E-state index in [0.29, 0.717) is 0 Å². The first-order chi connectivity index (χ1) is 13.3. The van der Waals surface area contributed by atoms with Gasteiger partial charge in [0.05, 0.1) is 13.2 Å². The van der Waals surface area contributed by atoms with Gasteiger partial charge in [0.1, 0.15) is 0 Å². The molecule has 2 aromatic rings. The minimum absolute atomic E-state index is 0.759. The summed E-state index contributed by atoms with van der Waals surface area (Å²) in [6, 6.07) is 19.2. The molecule has 3 rings (SSSR count). The Morgan fingerprint density at radius 2 is 1.78 bits per heavy atom. The van der Waals surface area contributed by atoms with Crippen LogP contribution < -0.4 is 15.5 Å². The molecule has 1 fully saturated rings. The molecule has 27 heavy (non-hydrogen) atoms. The first-order valence-corrected chi connectivity index (χ1v) is 10.4. The average molecular weight is 385 g/mol. The molecule has 0 spiro atoms. The molecule has 0 amide bonds. The molecule has 1 heterocycles. The molecule has 1 aliphatic heterocycles. The fraction of sp³-hybridized carbons (Fsp3) is 0.381. The van der Waals surface area contributed by atoms with Crippen LogP contribution in [0.3, 0.4) is 0 Å². The SMILES string of the molecule is CN=C(NCCSc1ccccc1)NCc1ccc(N2CCOCC2)cc1. The van der Waals surface area contributed by atoms with Crippen LogP contribution in [-0.4, -0.2) is 51.6 Å². The lowest BCUT2D eigenvalue weighted by atomic mass is 10.2. The van der Waals surface area contributed by atoms with E-state index in [1.54, 1.807) is 7.05 Å². The zero-order valence-corrected chi connectivity index (χ0v) is 16.7. The van der Waals surface area contributed by atoms with Crippen molar-refractivity contribution in [3.8, 4) is 0 Å². The third-order valence-corrected chi connectivity index (χ3v) is 5.42. The van der Waals surface area contributed by atoms with Crippen LogP contribution in [0.15, 0.2) is 64.5 Å². The van der Waals surface area contributed by atoms with Crippen molar-refractivity contribution in [3.63, 3.8) is 0 Å². The molecule has 2 aromatic carbocycles. The molecule has 0 saturated carbocycles. The highest BCUT2D eigenvalue weighted by Gasteiger charge is 2.10. The molecular formula is C21H28N4OS. The van der Waals surface area contributed by atoms with Gasteiger partial charge in [0.15, 0.2) is 5.96 Å². The van der Waals surface area contributed by atoms with Gasteiger partial charge >= 0.3 is 0 Å². The van der Waals surface area contributed by atoms with Crippen molar-refractivity contribution in [3.05, 3.63) is 60.2 Å². The number of morpholine rings is 1. The maximum Gasteiger partial charge on any atom is 0.191 e. The van der Waals surface area contributed by atoms with Gasteiger partial charge in [-0.15, -0.1) is 11.8 Å². The van der Waals surface area contributed by atoms with Crippen LogP contribution in [0.25, 0.3) is 0 Å². The summed E-state index contributed by atoms with van der Waals surface area (Å²) in [5, 5.41) is 6.75. The van der Waals surface area contributed by atoms with E-state index in [4.69, 9.17) is 4.74 Å². The van der Waals surface area contributed by atoms with E-state index in [-0.39, 0.29) is 0 Å². The standard InChI is InChI=1S/C21H28N4OS/c1-22-21(23-11-16-27-20-5-3-2-4-6-20)24-17-18-7-9-19(10-8-18)25-12-14-26-15-13-25/h2-10H,11-17H2,1H3,(H2,22,23,24). The highest BCUT2D eigenvalue weighted by Crippen LogP contribution is 2.17. The zero-order valence-electron chi connectivity index (χ0n) is 15.9. The van der Waals surface area contributed by atoms with Crippen molar-refractivity contribution in [2.75, 3.05) is 50.5 Å². The molecule has 6 heteroatoms. The minimum Gasteiger partial charge on any atom is -0.378 e. The number of guanidine groups is 1. The monoisotopic (exact) mass is 384 g/mol. The van der Waals surface area contributed by atoms with Gasteiger partial charge in [-0.05, 0) is 29.8 Å². The summed E-state index contributed by atoms with van der Waals surface area (Å²) in [5.41, 5.74) is 2.51. The highest BCUT2D eigenvalue weighted by molar-refractivity contribution is 7.99. The smallest absolute Gasteiger partial charge is 0.191 e. The van der Waals surface area contributed by atoms with Gasteiger partial charge in [0.25, 0.3) is 0 Å². The normalized spacial score (nSPS) is 14.9. The van der Waals surface area contributed by atoms with Gasteiger partial charge < -0.3 is 20.3 Å². The summed E-state index contributed by atoms with van der Waals surface area (Å²) in [6.45, 7) is 5.19. The summed E-state index contributed by atoms with van der Waals surface area (Å²) in [4.78, 5) is 7.96. The van der Waals surface area contributed by atoms with Gasteiger partial charge in [-0.2, -0.15) is 0 Å². The number of aliphatic imine (C=N–C) groups is 1. The van der Waals surface area contributed by atoms with Crippen LogP contribution in [0.4, 0.5) is 5.69 Å². The largest absolute Gasteiger partial charge is 0.378 e. The lowest BCUT2D eigenvalue weighted by Crippen LogP contribution is -2.38. The maximum absolute atomic E-state index is 5.41. The van der Waals surface area contributed by atoms with Gasteiger partial charge in [0, 0.05) is 49.6 Å². The van der Waals surface area contributed by atoms with E-state index in [1.165, 1.54) is 16.1 Å². The number of ether oxygens (including phenoxy) is 1. The second kappa shape index (κ2) is 10.8. The van der Waals surface area contributed by atoms with E-state index in [1.807, 2.05) is 17.8 Å². The molecule has 144 valence electrons. The van der Waals surface area contributed by atoms with Crippen LogP contribution in [0.1, 0.15) is 5.56 Å². The molecule has 1 saturated heterocycles. The molecule has 2 N–H and O–H groups in total. The first-order valence-electron chi connectivity index (χ1n) is 9.39. The van der Waals surface area contributed by atoms with Crippen LogP contribution in [0, 0.1) is 0 Å². The summed E-state index contributed by atoms with van der Waals surface area (Å²) >= 11 is 1.84. The number of nitrogens with one attached hydrogen (secondary N) is 2. The van der Waals surface area contributed by atoms with Crippen LogP contribution >= 0.6 is 11.8 Å². The zero-order chi connectivity index (χ0) is 18.7. The van der Waals surface area contributed by atoms with Crippen molar-refractivity contribution in [1.29, 1.82) is 0 Å². The molecule has 0 aliphatic carbocycles. The Bertz CT molecular complexity index is 700. The van der Waals surface area contributed by atoms with Gasteiger partial charge in [-0.1, -0.05) is 30.3 Å². The van der Waals surface area contributed by atoms with E-state index in [9.17, 15) is 0 Å². The van der Waals surface area contributed by atoms with Crippen LogP contribution in [-0.2, 0) is 11.3 Å². The predicted molar refractivity (Wildman–Crippen MR) is 115 cm³/mol. The summed E-state index contributed by atoms with van der Waals surface area (Å²) in [7, 11) is 1.81. The van der Waals surface area contributed by atoms with E-state index >= 15 is 0 Å². The molecule has 0 unspecified atom stereocenters. The topological polar surface area (TPSA) is 48.9 Å². The van der Waals surface area contributed by atoms with Crippen molar-refractivity contribution < 1.29 is 4.74 Å². The third-order valence-electron chi connectivity index (χ3n) is 4.40. The Morgan fingerprint density at radius 1 is 1.04 bits per heavy atom. The molecule has 0 atom stereocenters. The number of rotatable bonds is 7. The summed E-state index contributed by atoms with van der Waals surface area (Å²) in [6.07, 6.45) is 0. The minimum atomic E-state index is 0.759. The Balaban J connectivity index is 1.38. The Kier molecular flexibility index (Phi) is 7.86. The van der Waals surface area contributed by atoms with E-state index in [0.717, 1.165) is 51.1 Å². The highest BCUT2D eigenvalue weighted by atomic mass is 32.2. The van der Waals surface area contributed by atoms with Gasteiger partial charge in [-0.3, -0.25) is 4.99 Å². The third kappa shape index (κ3) is 6.48. The lowest BCUT2D eigenvalue weighted by Gasteiger charge is -2.28. The number of nitrogens with zero attached hydrogens (tertiary/aromatic N) is 2. The quantitative estimate of drug-likeness (QED) is 0.333. The molecule has 1 aliphatic rings.